The number of thioether (sulfide) groups is 1. The molecule has 4 rings (SSSR count). The van der Waals surface area contributed by atoms with Gasteiger partial charge in [-0.2, -0.15) is 4.31 Å². The molecule has 1 amide bonds. The number of aromatic nitrogens is 1. The molecule has 0 aliphatic carbocycles. The van der Waals surface area contributed by atoms with Gasteiger partial charge in [0.05, 0.1) is 16.5 Å². The lowest BCUT2D eigenvalue weighted by atomic mass is 10.2. The summed E-state index contributed by atoms with van der Waals surface area (Å²) in [5, 5.41) is 5.72. The predicted octanol–water partition coefficient (Wildman–Crippen LogP) is 3.37. The number of carbonyl (C=O) groups is 1. The van der Waals surface area contributed by atoms with Crippen LogP contribution >= 0.6 is 23.1 Å². The molecule has 0 radical (unpaired) electrons. The van der Waals surface area contributed by atoms with Crippen molar-refractivity contribution in [1.82, 2.24) is 14.6 Å². The molecule has 1 atom stereocenters. The summed E-state index contributed by atoms with van der Waals surface area (Å²) < 4.78 is 40.1. The summed E-state index contributed by atoms with van der Waals surface area (Å²) in [4.78, 5) is 17.3. The van der Waals surface area contributed by atoms with Crippen molar-refractivity contribution in [3.8, 4) is 10.6 Å². The normalized spacial score (nSPS) is 17.0. The molecule has 10 heteroatoms. The minimum Gasteiger partial charge on any atom is -0.354 e. The summed E-state index contributed by atoms with van der Waals surface area (Å²) >= 11 is 2.92. The highest BCUT2D eigenvalue weighted by Gasteiger charge is 2.39. The number of thiazole rings is 1. The second-order valence-electron chi connectivity index (χ2n) is 6.91. The van der Waals surface area contributed by atoms with E-state index in [9.17, 15) is 17.6 Å². The number of amides is 1. The number of rotatable bonds is 7. The number of hydrogen-bond donors (Lipinski definition) is 1. The Morgan fingerprint density at radius 2 is 1.90 bits per heavy atom. The Labute approximate surface area is 188 Å². The molecule has 2 heterocycles. The van der Waals surface area contributed by atoms with Gasteiger partial charge in [0.15, 0.2) is 0 Å². The van der Waals surface area contributed by atoms with Gasteiger partial charge >= 0.3 is 0 Å². The highest BCUT2D eigenvalue weighted by molar-refractivity contribution is 8.00. The third kappa shape index (κ3) is 4.98. The van der Waals surface area contributed by atoms with Gasteiger partial charge in [-0.15, -0.1) is 23.1 Å². The van der Waals surface area contributed by atoms with Crippen molar-refractivity contribution in [3.63, 3.8) is 0 Å². The minimum atomic E-state index is -3.88. The van der Waals surface area contributed by atoms with Gasteiger partial charge in [-0.1, -0.05) is 30.3 Å². The van der Waals surface area contributed by atoms with Crippen LogP contribution in [0.1, 0.15) is 5.69 Å². The first kappa shape index (κ1) is 21.9. The lowest BCUT2D eigenvalue weighted by Gasteiger charge is -2.22. The standard InChI is InChI=1S/C21H20FN3O3S3/c22-16-6-8-18(9-7-16)31(27,28)25-14-29-13-19(25)20(26)23-11-10-17-12-30-21(24-17)15-4-2-1-3-5-15/h1-9,12,19H,10-11,13-14H2,(H,23,26). The zero-order valence-corrected chi connectivity index (χ0v) is 18.9. The minimum absolute atomic E-state index is 0.0230. The molecule has 2 aromatic carbocycles. The fraction of sp³-hybridized carbons (Fsp3) is 0.238. The van der Waals surface area contributed by atoms with Crippen LogP contribution < -0.4 is 5.32 Å². The smallest absolute Gasteiger partial charge is 0.244 e. The Kier molecular flexibility index (Phi) is 6.71. The molecule has 1 saturated heterocycles. The van der Waals surface area contributed by atoms with Gasteiger partial charge in [-0.3, -0.25) is 4.79 Å². The first-order chi connectivity index (χ1) is 14.9. The monoisotopic (exact) mass is 477 g/mol. The molecule has 1 aliphatic rings. The summed E-state index contributed by atoms with van der Waals surface area (Å²) in [5.41, 5.74) is 1.92. The first-order valence-electron chi connectivity index (χ1n) is 9.58. The molecular weight excluding hydrogens is 457 g/mol. The second-order valence-corrected chi connectivity index (χ2v) is 10.7. The number of carbonyl (C=O) groups excluding carboxylic acids is 1. The Balaban J connectivity index is 1.36. The van der Waals surface area contributed by atoms with Crippen LogP contribution in [-0.4, -0.2) is 47.8 Å². The molecule has 1 aliphatic heterocycles. The van der Waals surface area contributed by atoms with Crippen molar-refractivity contribution in [3.05, 3.63) is 71.5 Å². The number of benzene rings is 2. The zero-order valence-electron chi connectivity index (χ0n) is 16.4. The number of nitrogens with zero attached hydrogens (tertiary/aromatic N) is 2. The molecule has 3 aromatic rings. The quantitative estimate of drug-likeness (QED) is 0.565. The lowest BCUT2D eigenvalue weighted by molar-refractivity contribution is -0.123. The van der Waals surface area contributed by atoms with Gasteiger partial charge < -0.3 is 5.32 Å². The number of sulfonamides is 1. The van der Waals surface area contributed by atoms with E-state index in [0.29, 0.717) is 18.7 Å². The second kappa shape index (κ2) is 9.47. The summed E-state index contributed by atoms with van der Waals surface area (Å²) in [7, 11) is -3.88. The number of halogens is 1. The van der Waals surface area contributed by atoms with E-state index in [2.05, 4.69) is 10.3 Å². The summed E-state index contributed by atoms with van der Waals surface area (Å²) in [6.07, 6.45) is 0.555. The van der Waals surface area contributed by atoms with Crippen LogP contribution in [0.5, 0.6) is 0 Å². The summed E-state index contributed by atoms with van der Waals surface area (Å²) in [6, 6.07) is 13.7. The van der Waals surface area contributed by atoms with Crippen molar-refractivity contribution in [2.75, 3.05) is 18.2 Å². The van der Waals surface area contributed by atoms with E-state index in [1.54, 1.807) is 11.3 Å². The fourth-order valence-electron chi connectivity index (χ4n) is 3.18. The molecular formula is C21H20FN3O3S3. The molecule has 0 spiro atoms. The molecule has 1 N–H and O–H groups in total. The summed E-state index contributed by atoms with van der Waals surface area (Å²) in [6.45, 7) is 0.363. The van der Waals surface area contributed by atoms with Gasteiger partial charge in [0.25, 0.3) is 0 Å². The van der Waals surface area contributed by atoms with Crippen LogP contribution in [0.4, 0.5) is 4.39 Å². The van der Waals surface area contributed by atoms with Crippen LogP contribution in [0, 0.1) is 5.82 Å². The lowest BCUT2D eigenvalue weighted by Crippen LogP contribution is -2.47. The molecule has 162 valence electrons. The Hall–Kier alpha value is -2.27. The van der Waals surface area contributed by atoms with Gasteiger partial charge in [-0.25, -0.2) is 17.8 Å². The van der Waals surface area contributed by atoms with E-state index in [0.717, 1.165) is 28.4 Å². The summed E-state index contributed by atoms with van der Waals surface area (Å²) in [5.74, 6) is -0.290. The van der Waals surface area contributed by atoms with E-state index in [-0.39, 0.29) is 16.7 Å². The van der Waals surface area contributed by atoms with Crippen molar-refractivity contribution < 1.29 is 17.6 Å². The van der Waals surface area contributed by atoms with Crippen molar-refractivity contribution in [2.24, 2.45) is 0 Å². The Morgan fingerprint density at radius 1 is 1.16 bits per heavy atom. The number of nitrogens with one attached hydrogen (secondary N) is 1. The van der Waals surface area contributed by atoms with E-state index in [1.807, 2.05) is 35.7 Å². The Morgan fingerprint density at radius 3 is 2.65 bits per heavy atom. The van der Waals surface area contributed by atoms with E-state index in [4.69, 9.17) is 0 Å². The van der Waals surface area contributed by atoms with Gasteiger partial charge in [0.2, 0.25) is 15.9 Å². The first-order valence-corrected chi connectivity index (χ1v) is 13.1. The third-order valence-electron chi connectivity index (χ3n) is 4.82. The zero-order chi connectivity index (χ0) is 21.8. The molecule has 0 bridgehead atoms. The fourth-order valence-corrected chi connectivity index (χ4v) is 7.19. The third-order valence-corrected chi connectivity index (χ3v) is 8.80. The number of hydrogen-bond acceptors (Lipinski definition) is 6. The topological polar surface area (TPSA) is 79.4 Å². The maximum Gasteiger partial charge on any atom is 0.244 e. The Bertz CT molecular complexity index is 1150. The van der Waals surface area contributed by atoms with Gasteiger partial charge in [0, 0.05) is 29.7 Å². The van der Waals surface area contributed by atoms with Crippen LogP contribution in [0.3, 0.4) is 0 Å². The van der Waals surface area contributed by atoms with Crippen LogP contribution in [0.2, 0.25) is 0 Å². The van der Waals surface area contributed by atoms with E-state index >= 15 is 0 Å². The average Bonchev–Trinajstić information content (AvgIpc) is 3.45. The maximum absolute atomic E-state index is 13.2. The molecule has 6 nitrogen and oxygen atoms in total. The maximum atomic E-state index is 13.2. The molecule has 31 heavy (non-hydrogen) atoms. The van der Waals surface area contributed by atoms with Crippen molar-refractivity contribution in [2.45, 2.75) is 17.4 Å². The van der Waals surface area contributed by atoms with Crippen molar-refractivity contribution in [1.29, 1.82) is 0 Å². The van der Waals surface area contributed by atoms with E-state index < -0.39 is 21.9 Å². The highest BCUT2D eigenvalue weighted by Crippen LogP contribution is 2.28. The molecule has 1 unspecified atom stereocenters. The van der Waals surface area contributed by atoms with Gasteiger partial charge in [-0.05, 0) is 24.3 Å². The average molecular weight is 478 g/mol. The molecule has 0 saturated carbocycles. The SMILES string of the molecule is O=C(NCCc1csc(-c2ccccc2)n1)C1CSCN1S(=O)(=O)c1ccc(F)cc1. The molecule has 1 fully saturated rings. The van der Waals surface area contributed by atoms with Crippen LogP contribution in [-0.2, 0) is 21.2 Å². The van der Waals surface area contributed by atoms with Crippen LogP contribution in [0.25, 0.3) is 10.6 Å². The highest BCUT2D eigenvalue weighted by atomic mass is 32.2. The van der Waals surface area contributed by atoms with E-state index in [1.165, 1.54) is 28.2 Å². The largest absolute Gasteiger partial charge is 0.354 e. The molecule has 1 aromatic heterocycles. The predicted molar refractivity (Wildman–Crippen MR) is 121 cm³/mol. The van der Waals surface area contributed by atoms with Crippen LogP contribution in [0.15, 0.2) is 64.9 Å². The van der Waals surface area contributed by atoms with Crippen molar-refractivity contribution >= 4 is 39.0 Å². The van der Waals surface area contributed by atoms with Gasteiger partial charge in [0.1, 0.15) is 16.9 Å².